The Morgan fingerprint density at radius 2 is 1.17 bits per heavy atom. The van der Waals surface area contributed by atoms with Gasteiger partial charge in [-0.1, -0.05) is 160 Å². The lowest BCUT2D eigenvalue weighted by Gasteiger charge is -2.33. The van der Waals surface area contributed by atoms with Gasteiger partial charge in [0.2, 0.25) is 0 Å². The lowest BCUT2D eigenvalue weighted by molar-refractivity contribution is 0.595. The second kappa shape index (κ2) is 12.4. The van der Waals surface area contributed by atoms with E-state index in [1.54, 1.807) is 0 Å². The summed E-state index contributed by atoms with van der Waals surface area (Å²) in [5.74, 6) is 0. The van der Waals surface area contributed by atoms with E-state index in [1.807, 2.05) is 0 Å². The van der Waals surface area contributed by atoms with Gasteiger partial charge in [0.05, 0.1) is 0 Å². The van der Waals surface area contributed by atoms with Crippen molar-refractivity contribution >= 4 is 33.3 Å². The Kier molecular flexibility index (Phi) is 7.39. The zero-order valence-corrected chi connectivity index (χ0v) is 30.9. The van der Waals surface area contributed by atoms with Crippen LogP contribution in [0, 0.1) is 0 Å². The zero-order chi connectivity index (χ0) is 36.4. The first kappa shape index (κ1) is 32.3. The van der Waals surface area contributed by atoms with Crippen LogP contribution in [0.4, 0.5) is 11.4 Å². The summed E-state index contributed by atoms with van der Waals surface area (Å²) in [6.45, 7) is 7.04. The molecule has 10 rings (SSSR count). The molecular weight excluding hydrogens is 655 g/mol. The van der Waals surface area contributed by atoms with E-state index in [-0.39, 0.29) is 10.8 Å². The Labute approximate surface area is 317 Å². The van der Waals surface area contributed by atoms with E-state index in [0.29, 0.717) is 0 Å². The summed E-state index contributed by atoms with van der Waals surface area (Å²) < 4.78 is 6.77. The van der Waals surface area contributed by atoms with Gasteiger partial charge < -0.3 is 9.32 Å². The summed E-state index contributed by atoms with van der Waals surface area (Å²) in [5.41, 5.74) is 16.5. The van der Waals surface area contributed by atoms with Gasteiger partial charge >= 0.3 is 0 Å². The van der Waals surface area contributed by atoms with E-state index in [1.165, 1.54) is 50.1 Å². The van der Waals surface area contributed by atoms with Crippen molar-refractivity contribution in [1.29, 1.82) is 0 Å². The molecule has 1 aromatic heterocycles. The molecule has 2 aliphatic rings. The molecule has 1 heterocycles. The number of furan rings is 1. The van der Waals surface area contributed by atoms with Gasteiger partial charge in [0.1, 0.15) is 11.2 Å². The number of hydrogen-bond donors (Lipinski definition) is 0. The molecule has 0 spiro atoms. The molecule has 0 saturated carbocycles. The van der Waals surface area contributed by atoms with Gasteiger partial charge in [-0.3, -0.25) is 0 Å². The molecular formula is C52H41NO. The molecule has 1 atom stereocenters. The van der Waals surface area contributed by atoms with E-state index < -0.39 is 0 Å². The Morgan fingerprint density at radius 3 is 1.93 bits per heavy atom. The molecule has 0 bridgehead atoms. The summed E-state index contributed by atoms with van der Waals surface area (Å²) in [6.07, 6.45) is 7.94. The van der Waals surface area contributed by atoms with Crippen molar-refractivity contribution in [3.05, 3.63) is 204 Å². The van der Waals surface area contributed by atoms with Crippen LogP contribution in [-0.4, -0.2) is 0 Å². The predicted molar refractivity (Wildman–Crippen MR) is 226 cm³/mol. The minimum atomic E-state index is -0.119. The van der Waals surface area contributed by atoms with Crippen LogP contribution < -0.4 is 4.90 Å². The number of nitrogens with zero attached hydrogens (tertiary/aromatic N) is 1. The van der Waals surface area contributed by atoms with Gasteiger partial charge in [0.15, 0.2) is 0 Å². The first-order valence-electron chi connectivity index (χ1n) is 19.0. The van der Waals surface area contributed by atoms with E-state index in [0.717, 1.165) is 45.4 Å². The minimum Gasteiger partial charge on any atom is -0.456 e. The molecule has 7 aromatic carbocycles. The normalized spacial score (nSPS) is 17.0. The number of fused-ring (bicyclic) bond motifs is 6. The van der Waals surface area contributed by atoms with Crippen LogP contribution in [0.1, 0.15) is 43.9 Å². The van der Waals surface area contributed by atoms with Crippen molar-refractivity contribution in [3.8, 4) is 33.4 Å². The molecule has 0 fully saturated rings. The van der Waals surface area contributed by atoms with E-state index in [2.05, 4.69) is 208 Å². The molecule has 8 aromatic rings. The van der Waals surface area contributed by atoms with Gasteiger partial charge in [-0.2, -0.15) is 0 Å². The average molecular weight is 696 g/mol. The monoisotopic (exact) mass is 695 g/mol. The van der Waals surface area contributed by atoms with Crippen molar-refractivity contribution in [1.82, 2.24) is 0 Å². The highest BCUT2D eigenvalue weighted by atomic mass is 16.3. The van der Waals surface area contributed by atoms with E-state index in [9.17, 15) is 0 Å². The number of anilines is 2. The van der Waals surface area contributed by atoms with Crippen LogP contribution in [0.25, 0.3) is 55.3 Å². The average Bonchev–Trinajstić information content (AvgIpc) is 3.71. The van der Waals surface area contributed by atoms with Gasteiger partial charge in [-0.15, -0.1) is 0 Å². The number of benzene rings is 7. The second-order valence-electron chi connectivity index (χ2n) is 15.6. The molecule has 0 N–H and O–H groups in total. The summed E-state index contributed by atoms with van der Waals surface area (Å²) in [7, 11) is 0. The SMILES string of the molecule is CC1(c2ccccc2)C=CC(N(c2ccc(-c3ccccc3)cc2)c2ccc3c(c2)oc2cccc(-c4cccc5c4C(C)(C)c4ccccc4-5)c23)=CC1. The van der Waals surface area contributed by atoms with Crippen LogP contribution >= 0.6 is 0 Å². The highest BCUT2D eigenvalue weighted by Crippen LogP contribution is 2.53. The molecule has 54 heavy (non-hydrogen) atoms. The van der Waals surface area contributed by atoms with Crippen molar-refractivity contribution in [2.45, 2.75) is 38.0 Å². The third kappa shape index (κ3) is 5.09. The maximum absolute atomic E-state index is 6.77. The zero-order valence-electron chi connectivity index (χ0n) is 30.9. The standard InChI is InChI=1S/C52H41NO/c1-51(2)46-22-11-10-18-41(46)43-20-12-21-44(50(43)51)42-19-13-23-47-49(42)45-29-28-40(34-48(45)54-47)53(38-26-24-36(25-27-38)35-14-6-4-7-15-35)39-30-32-52(3,33-31-39)37-16-8-5-9-17-37/h4-32,34H,33H2,1-3H3. The topological polar surface area (TPSA) is 16.4 Å². The maximum atomic E-state index is 6.77. The van der Waals surface area contributed by atoms with Gasteiger partial charge in [-0.05, 0) is 92.9 Å². The molecule has 260 valence electrons. The molecule has 0 amide bonds. The molecule has 0 aliphatic heterocycles. The van der Waals surface area contributed by atoms with Crippen molar-refractivity contribution in [3.63, 3.8) is 0 Å². The lowest BCUT2D eigenvalue weighted by atomic mass is 9.77. The molecule has 2 aliphatic carbocycles. The van der Waals surface area contributed by atoms with Crippen molar-refractivity contribution in [2.24, 2.45) is 0 Å². The Hall–Kier alpha value is -6.38. The van der Waals surface area contributed by atoms with Crippen LogP contribution in [0.5, 0.6) is 0 Å². The third-order valence-electron chi connectivity index (χ3n) is 11.9. The summed E-state index contributed by atoms with van der Waals surface area (Å²) in [6, 6.07) is 59.2. The summed E-state index contributed by atoms with van der Waals surface area (Å²) >= 11 is 0. The van der Waals surface area contributed by atoms with Crippen LogP contribution in [0.3, 0.4) is 0 Å². The summed E-state index contributed by atoms with van der Waals surface area (Å²) in [5, 5.41) is 2.29. The van der Waals surface area contributed by atoms with E-state index in [4.69, 9.17) is 4.42 Å². The van der Waals surface area contributed by atoms with Crippen molar-refractivity contribution < 1.29 is 4.42 Å². The fourth-order valence-corrected chi connectivity index (χ4v) is 9.05. The van der Waals surface area contributed by atoms with Gasteiger partial charge in [0.25, 0.3) is 0 Å². The maximum Gasteiger partial charge on any atom is 0.137 e. The Bertz CT molecular complexity index is 2770. The van der Waals surface area contributed by atoms with E-state index >= 15 is 0 Å². The predicted octanol–water partition coefficient (Wildman–Crippen LogP) is 14.2. The molecule has 2 heteroatoms. The minimum absolute atomic E-state index is 0.0692. The largest absolute Gasteiger partial charge is 0.456 e. The van der Waals surface area contributed by atoms with Crippen molar-refractivity contribution in [2.75, 3.05) is 4.90 Å². The molecule has 0 saturated heterocycles. The molecule has 0 radical (unpaired) electrons. The quantitative estimate of drug-likeness (QED) is 0.172. The number of hydrogen-bond acceptors (Lipinski definition) is 2. The Balaban J connectivity index is 1.09. The highest BCUT2D eigenvalue weighted by molar-refractivity contribution is 6.14. The second-order valence-corrected chi connectivity index (χ2v) is 15.6. The lowest BCUT2D eigenvalue weighted by Crippen LogP contribution is -2.24. The van der Waals surface area contributed by atoms with Crippen LogP contribution in [-0.2, 0) is 10.8 Å². The van der Waals surface area contributed by atoms with Crippen LogP contribution in [0.2, 0.25) is 0 Å². The fourth-order valence-electron chi connectivity index (χ4n) is 9.05. The smallest absolute Gasteiger partial charge is 0.137 e. The summed E-state index contributed by atoms with van der Waals surface area (Å²) in [4.78, 5) is 2.37. The molecule has 2 nitrogen and oxygen atoms in total. The number of rotatable bonds is 6. The third-order valence-corrected chi connectivity index (χ3v) is 11.9. The molecule has 1 unspecified atom stereocenters. The fraction of sp³-hybridized carbons (Fsp3) is 0.115. The van der Waals surface area contributed by atoms with Gasteiger partial charge in [-0.25, -0.2) is 0 Å². The van der Waals surface area contributed by atoms with Crippen LogP contribution in [0.15, 0.2) is 192 Å². The van der Waals surface area contributed by atoms with Gasteiger partial charge in [0, 0.05) is 44.7 Å². The first-order valence-corrected chi connectivity index (χ1v) is 19.0. The highest BCUT2D eigenvalue weighted by Gasteiger charge is 2.37. The first-order chi connectivity index (χ1) is 26.4. The Morgan fingerprint density at radius 1 is 0.537 bits per heavy atom. The number of allylic oxidation sites excluding steroid dienone is 3.